The van der Waals surface area contributed by atoms with Gasteiger partial charge in [-0.3, -0.25) is 0 Å². The van der Waals surface area contributed by atoms with Gasteiger partial charge < -0.3 is 10.2 Å². The third-order valence-corrected chi connectivity index (χ3v) is 2.93. The smallest absolute Gasteiger partial charge is 0.0681 e. The first-order chi connectivity index (χ1) is 4.95. The summed E-state index contributed by atoms with van der Waals surface area (Å²) >= 11 is 1.70. The molecule has 0 aromatic heterocycles. The van der Waals surface area contributed by atoms with Gasteiger partial charge in [-0.15, -0.1) is 0 Å². The van der Waals surface area contributed by atoms with Gasteiger partial charge in [-0.2, -0.15) is 11.8 Å². The summed E-state index contributed by atoms with van der Waals surface area (Å²) in [6, 6.07) is 0. The van der Waals surface area contributed by atoms with Crippen molar-refractivity contribution in [1.29, 1.82) is 0 Å². The fraction of sp³-hybridized carbons (Fsp3) is 1.00. The van der Waals surface area contributed by atoms with Crippen LogP contribution in [-0.4, -0.2) is 33.4 Å². The van der Waals surface area contributed by atoms with E-state index in [2.05, 4.69) is 6.92 Å². The lowest BCUT2D eigenvalue weighted by Crippen LogP contribution is -2.23. The van der Waals surface area contributed by atoms with Crippen LogP contribution in [0.1, 0.15) is 27.2 Å². The van der Waals surface area contributed by atoms with E-state index >= 15 is 0 Å². The Morgan fingerprint density at radius 1 is 1.45 bits per heavy atom. The van der Waals surface area contributed by atoms with Gasteiger partial charge in [-0.1, -0.05) is 6.92 Å². The number of aliphatic hydroxyl groups is 2. The van der Waals surface area contributed by atoms with Crippen molar-refractivity contribution < 1.29 is 10.2 Å². The first kappa shape index (κ1) is 11.3. The highest BCUT2D eigenvalue weighted by Gasteiger charge is 2.14. The average molecular weight is 178 g/mol. The van der Waals surface area contributed by atoms with E-state index in [1.165, 1.54) is 0 Å². The third kappa shape index (κ3) is 8.17. The molecule has 0 aliphatic carbocycles. The molecule has 1 atom stereocenters. The molecule has 1 unspecified atom stereocenters. The molecule has 0 radical (unpaired) electrons. The Bertz CT molecular complexity index is 98.8. The number of rotatable bonds is 5. The van der Waals surface area contributed by atoms with Crippen molar-refractivity contribution in [1.82, 2.24) is 0 Å². The van der Waals surface area contributed by atoms with Gasteiger partial charge in [0.15, 0.2) is 0 Å². The van der Waals surface area contributed by atoms with Gasteiger partial charge in [-0.25, -0.2) is 0 Å². The molecule has 68 valence electrons. The fourth-order valence-corrected chi connectivity index (χ4v) is 1.58. The summed E-state index contributed by atoms with van der Waals surface area (Å²) in [5.74, 6) is 0.730. The molecule has 0 amide bonds. The first-order valence-electron chi connectivity index (χ1n) is 3.90. The molecule has 0 rings (SSSR count). The van der Waals surface area contributed by atoms with E-state index in [0.717, 1.165) is 12.2 Å². The van der Waals surface area contributed by atoms with Crippen molar-refractivity contribution in [3.8, 4) is 0 Å². The summed E-state index contributed by atoms with van der Waals surface area (Å²) in [6.07, 6.45) is 0.806. The van der Waals surface area contributed by atoms with Gasteiger partial charge in [0.25, 0.3) is 0 Å². The maximum absolute atomic E-state index is 9.35. The summed E-state index contributed by atoms with van der Waals surface area (Å²) in [6.45, 7) is 5.89. The second-order valence-electron chi connectivity index (χ2n) is 3.45. The second-order valence-corrected chi connectivity index (χ2v) is 4.87. The summed E-state index contributed by atoms with van der Waals surface area (Å²) in [5.41, 5.74) is -0.589. The molecule has 11 heavy (non-hydrogen) atoms. The topological polar surface area (TPSA) is 40.5 Å². The largest absolute Gasteiger partial charge is 0.396 e. The van der Waals surface area contributed by atoms with Crippen LogP contribution in [0.25, 0.3) is 0 Å². The van der Waals surface area contributed by atoms with Crippen LogP contribution in [0.4, 0.5) is 0 Å². The van der Waals surface area contributed by atoms with E-state index in [9.17, 15) is 5.11 Å². The molecule has 0 aliphatic rings. The summed E-state index contributed by atoms with van der Waals surface area (Å²) in [5, 5.41) is 18.4. The van der Waals surface area contributed by atoms with Crippen LogP contribution in [0.3, 0.4) is 0 Å². The van der Waals surface area contributed by atoms with Crippen molar-refractivity contribution in [2.24, 2.45) is 0 Å². The van der Waals surface area contributed by atoms with Crippen molar-refractivity contribution in [3.05, 3.63) is 0 Å². The molecule has 0 aliphatic heterocycles. The monoisotopic (exact) mass is 178 g/mol. The molecule has 0 aromatic rings. The molecule has 2 N–H and O–H groups in total. The minimum Gasteiger partial charge on any atom is -0.396 e. The van der Waals surface area contributed by atoms with Crippen molar-refractivity contribution >= 4 is 11.8 Å². The highest BCUT2D eigenvalue weighted by molar-refractivity contribution is 7.99. The molecule has 2 nitrogen and oxygen atoms in total. The van der Waals surface area contributed by atoms with Crippen LogP contribution in [0.2, 0.25) is 0 Å². The Morgan fingerprint density at radius 3 is 2.36 bits per heavy atom. The van der Waals surface area contributed by atoms with Crippen LogP contribution >= 0.6 is 11.8 Å². The number of hydrogen-bond acceptors (Lipinski definition) is 3. The van der Waals surface area contributed by atoms with E-state index in [0.29, 0.717) is 5.25 Å². The van der Waals surface area contributed by atoms with E-state index in [1.54, 1.807) is 25.6 Å². The van der Waals surface area contributed by atoms with Gasteiger partial charge in [0, 0.05) is 17.6 Å². The Kier molecular flexibility index (Phi) is 5.13. The molecule has 0 saturated heterocycles. The normalized spacial score (nSPS) is 15.0. The maximum atomic E-state index is 9.35. The highest BCUT2D eigenvalue weighted by Crippen LogP contribution is 2.19. The molecule has 0 spiro atoms. The number of aliphatic hydroxyl groups excluding tert-OH is 1. The second kappa shape index (κ2) is 5.01. The number of thioether (sulfide) groups is 1. The molecular weight excluding hydrogens is 160 g/mol. The van der Waals surface area contributed by atoms with Gasteiger partial charge in [0.05, 0.1) is 5.60 Å². The van der Waals surface area contributed by atoms with Crippen LogP contribution in [0.15, 0.2) is 0 Å². The Balaban J connectivity index is 3.38. The Labute approximate surface area is 73.0 Å². The summed E-state index contributed by atoms with van der Waals surface area (Å²) in [4.78, 5) is 0. The third-order valence-electron chi connectivity index (χ3n) is 1.26. The molecular formula is C8H18O2S. The van der Waals surface area contributed by atoms with E-state index < -0.39 is 5.60 Å². The van der Waals surface area contributed by atoms with Gasteiger partial charge in [0.2, 0.25) is 0 Å². The Hall–Kier alpha value is 0.270. The summed E-state index contributed by atoms with van der Waals surface area (Å²) < 4.78 is 0. The van der Waals surface area contributed by atoms with Crippen molar-refractivity contribution in [3.63, 3.8) is 0 Å². The van der Waals surface area contributed by atoms with E-state index in [1.807, 2.05) is 0 Å². The SMILES string of the molecule is CC(CCO)SCC(C)(C)O. The van der Waals surface area contributed by atoms with Crippen LogP contribution in [-0.2, 0) is 0 Å². The zero-order valence-corrected chi connectivity index (χ0v) is 8.32. The van der Waals surface area contributed by atoms with Crippen LogP contribution < -0.4 is 0 Å². The zero-order valence-electron chi connectivity index (χ0n) is 7.50. The van der Waals surface area contributed by atoms with Gasteiger partial charge in [-0.05, 0) is 20.3 Å². The predicted molar refractivity (Wildman–Crippen MR) is 49.9 cm³/mol. The molecule has 0 bridgehead atoms. The van der Waals surface area contributed by atoms with Crippen LogP contribution in [0.5, 0.6) is 0 Å². The summed E-state index contributed by atoms with van der Waals surface area (Å²) in [7, 11) is 0. The van der Waals surface area contributed by atoms with Crippen molar-refractivity contribution in [2.45, 2.75) is 38.0 Å². The highest BCUT2D eigenvalue weighted by atomic mass is 32.2. The van der Waals surface area contributed by atoms with Gasteiger partial charge in [0.1, 0.15) is 0 Å². The van der Waals surface area contributed by atoms with E-state index in [4.69, 9.17) is 5.11 Å². The molecule has 0 saturated carbocycles. The lowest BCUT2D eigenvalue weighted by molar-refractivity contribution is 0.107. The molecule has 0 aromatic carbocycles. The lowest BCUT2D eigenvalue weighted by Gasteiger charge is -2.18. The molecule has 3 heteroatoms. The minimum atomic E-state index is -0.589. The fourth-order valence-electron chi connectivity index (χ4n) is 0.611. The predicted octanol–water partition coefficient (Wildman–Crippen LogP) is 1.26. The Morgan fingerprint density at radius 2 is 2.00 bits per heavy atom. The van der Waals surface area contributed by atoms with Crippen LogP contribution in [0, 0.1) is 0 Å². The maximum Gasteiger partial charge on any atom is 0.0681 e. The number of hydrogen-bond donors (Lipinski definition) is 2. The minimum absolute atomic E-state index is 0.236. The molecule has 0 heterocycles. The molecule has 0 fully saturated rings. The first-order valence-corrected chi connectivity index (χ1v) is 4.95. The van der Waals surface area contributed by atoms with Gasteiger partial charge >= 0.3 is 0 Å². The zero-order chi connectivity index (χ0) is 8.91. The van der Waals surface area contributed by atoms with E-state index in [-0.39, 0.29) is 6.61 Å². The lowest BCUT2D eigenvalue weighted by atomic mass is 10.2. The quantitative estimate of drug-likeness (QED) is 0.666. The average Bonchev–Trinajstić information content (AvgIpc) is 1.83. The van der Waals surface area contributed by atoms with Crippen molar-refractivity contribution in [2.75, 3.05) is 12.4 Å². The standard InChI is InChI=1S/C8H18O2S/c1-7(4-5-9)11-6-8(2,3)10/h7,9-10H,4-6H2,1-3H3.